The molecule has 128 valence electrons. The fraction of sp³-hybridized carbons (Fsp3) is 0.875. The Bertz CT molecular complexity index is 338. The van der Waals surface area contributed by atoms with Crippen LogP contribution in [0.25, 0.3) is 0 Å². The molecule has 0 saturated carbocycles. The van der Waals surface area contributed by atoms with E-state index in [0.717, 1.165) is 32.5 Å². The highest BCUT2D eigenvalue weighted by Gasteiger charge is 2.43. The van der Waals surface area contributed by atoms with E-state index in [-0.39, 0.29) is 13.2 Å². The van der Waals surface area contributed by atoms with Gasteiger partial charge in [-0.3, -0.25) is 9.59 Å². The van der Waals surface area contributed by atoms with E-state index in [4.69, 9.17) is 9.47 Å². The van der Waals surface area contributed by atoms with Crippen LogP contribution in [0.15, 0.2) is 0 Å². The zero-order valence-corrected chi connectivity index (χ0v) is 14.9. The van der Waals surface area contributed by atoms with E-state index in [0.29, 0.717) is 6.42 Å². The summed E-state index contributed by atoms with van der Waals surface area (Å²) in [5, 5.41) is 0. The minimum Gasteiger partial charge on any atom is -0.465 e. The first-order chi connectivity index (χ1) is 10.5. The van der Waals surface area contributed by atoms with E-state index in [2.05, 4.69) is 4.90 Å². The molecule has 0 aromatic carbocycles. The average Bonchev–Trinajstić information content (AvgIpc) is 2.52. The lowest BCUT2D eigenvalue weighted by Gasteiger charge is -2.27. The first kappa shape index (κ1) is 19.3. The number of nitrogens with zero attached hydrogens (tertiary/aromatic N) is 1. The Morgan fingerprint density at radius 3 is 2.09 bits per heavy atom. The zero-order valence-electron chi connectivity index (χ0n) is 14.1. The smallest absolute Gasteiger partial charge is 0.323 e. The van der Waals surface area contributed by atoms with Crippen molar-refractivity contribution in [1.29, 1.82) is 0 Å². The summed E-state index contributed by atoms with van der Waals surface area (Å²) in [6.45, 7) is 8.99. The second kappa shape index (κ2) is 10.1. The van der Waals surface area contributed by atoms with E-state index in [9.17, 15) is 9.59 Å². The van der Waals surface area contributed by atoms with E-state index in [1.165, 1.54) is 11.5 Å². The molecule has 6 heteroatoms. The van der Waals surface area contributed by atoms with Gasteiger partial charge in [-0.15, -0.1) is 0 Å². The zero-order chi connectivity index (χ0) is 16.4. The Kier molecular flexibility index (Phi) is 8.86. The van der Waals surface area contributed by atoms with Gasteiger partial charge in [0.05, 0.1) is 13.2 Å². The number of esters is 2. The summed E-state index contributed by atoms with van der Waals surface area (Å²) in [7, 11) is 0. The van der Waals surface area contributed by atoms with E-state index in [1.54, 1.807) is 20.8 Å². The van der Waals surface area contributed by atoms with Crippen LogP contribution in [0.1, 0.15) is 40.0 Å². The summed E-state index contributed by atoms with van der Waals surface area (Å²) >= 11 is 2.00. The summed E-state index contributed by atoms with van der Waals surface area (Å²) in [5.41, 5.74) is -1.18. The third kappa shape index (κ3) is 5.80. The molecule has 1 rings (SSSR count). The first-order valence-electron chi connectivity index (χ1n) is 8.19. The lowest BCUT2D eigenvalue weighted by atomic mass is 9.85. The summed E-state index contributed by atoms with van der Waals surface area (Å²) in [6, 6.07) is 0. The number of carbonyl (C=O) groups excluding carboxylic acids is 2. The van der Waals surface area contributed by atoms with Crippen LogP contribution in [-0.2, 0) is 19.1 Å². The molecule has 0 spiro atoms. The fourth-order valence-electron chi connectivity index (χ4n) is 2.51. The van der Waals surface area contributed by atoms with Gasteiger partial charge in [-0.25, -0.2) is 0 Å². The fourth-order valence-corrected chi connectivity index (χ4v) is 3.49. The highest BCUT2D eigenvalue weighted by Crippen LogP contribution is 2.28. The minimum atomic E-state index is -1.18. The van der Waals surface area contributed by atoms with Crippen LogP contribution >= 0.6 is 11.8 Å². The molecular weight excluding hydrogens is 302 g/mol. The number of hydrogen-bond acceptors (Lipinski definition) is 6. The molecule has 0 N–H and O–H groups in total. The molecule has 1 heterocycles. The largest absolute Gasteiger partial charge is 0.465 e. The number of thioether (sulfide) groups is 1. The van der Waals surface area contributed by atoms with Crippen molar-refractivity contribution in [3.05, 3.63) is 0 Å². The molecule has 1 fully saturated rings. The van der Waals surface area contributed by atoms with Gasteiger partial charge in [0.15, 0.2) is 5.41 Å². The molecule has 0 aromatic heterocycles. The molecule has 1 saturated heterocycles. The molecule has 1 aliphatic rings. The van der Waals surface area contributed by atoms with Gasteiger partial charge in [0.2, 0.25) is 0 Å². The van der Waals surface area contributed by atoms with Gasteiger partial charge >= 0.3 is 11.9 Å². The van der Waals surface area contributed by atoms with Crippen LogP contribution in [0.2, 0.25) is 0 Å². The Morgan fingerprint density at radius 1 is 1.05 bits per heavy atom. The highest BCUT2D eigenvalue weighted by atomic mass is 32.2. The van der Waals surface area contributed by atoms with Crippen molar-refractivity contribution in [2.24, 2.45) is 5.41 Å². The number of rotatable bonds is 9. The second-order valence-electron chi connectivity index (χ2n) is 5.68. The first-order valence-corrected chi connectivity index (χ1v) is 9.34. The van der Waals surface area contributed by atoms with Crippen LogP contribution in [0.5, 0.6) is 0 Å². The van der Waals surface area contributed by atoms with Crippen molar-refractivity contribution >= 4 is 23.7 Å². The number of hydrogen-bond donors (Lipinski definition) is 0. The van der Waals surface area contributed by atoms with Gasteiger partial charge in [0, 0.05) is 24.6 Å². The molecule has 0 aromatic rings. The standard InChI is InChI=1S/C16H29NO4S/c1-4-20-14(18)16(3,15(19)21-5-2)8-6-7-9-17-10-12-22-13-11-17/h4-13H2,1-3H3. The Hall–Kier alpha value is -0.750. The maximum atomic E-state index is 12.1. The molecule has 0 unspecified atom stereocenters. The number of ether oxygens (including phenoxy) is 2. The predicted molar refractivity (Wildman–Crippen MR) is 89.0 cm³/mol. The quantitative estimate of drug-likeness (QED) is 0.367. The lowest BCUT2D eigenvalue weighted by molar-refractivity contribution is -0.171. The topological polar surface area (TPSA) is 55.8 Å². The Morgan fingerprint density at radius 2 is 1.59 bits per heavy atom. The van der Waals surface area contributed by atoms with Crippen molar-refractivity contribution in [2.75, 3.05) is 44.4 Å². The van der Waals surface area contributed by atoms with Gasteiger partial charge in [-0.05, 0) is 40.2 Å². The average molecular weight is 331 g/mol. The molecule has 0 atom stereocenters. The summed E-state index contributed by atoms with van der Waals surface area (Å²) in [6.07, 6.45) is 2.28. The molecular formula is C16H29NO4S. The highest BCUT2D eigenvalue weighted by molar-refractivity contribution is 7.99. The van der Waals surface area contributed by atoms with Crippen LogP contribution in [0.3, 0.4) is 0 Å². The van der Waals surface area contributed by atoms with Gasteiger partial charge in [-0.2, -0.15) is 11.8 Å². The van der Waals surface area contributed by atoms with Crippen LogP contribution in [-0.4, -0.2) is 61.2 Å². The summed E-state index contributed by atoms with van der Waals surface area (Å²) < 4.78 is 10.1. The number of carbonyl (C=O) groups is 2. The monoisotopic (exact) mass is 331 g/mol. The van der Waals surface area contributed by atoms with E-state index < -0.39 is 17.4 Å². The van der Waals surface area contributed by atoms with Crippen LogP contribution in [0, 0.1) is 5.41 Å². The normalized spacial score (nSPS) is 16.3. The van der Waals surface area contributed by atoms with Gasteiger partial charge in [0.25, 0.3) is 0 Å². The van der Waals surface area contributed by atoms with Gasteiger partial charge < -0.3 is 14.4 Å². The molecule has 0 aliphatic carbocycles. The Balaban J connectivity index is 2.46. The van der Waals surface area contributed by atoms with Crippen LogP contribution < -0.4 is 0 Å². The second-order valence-corrected chi connectivity index (χ2v) is 6.91. The SMILES string of the molecule is CCOC(=O)C(C)(CCCCN1CCSCC1)C(=O)OCC. The van der Waals surface area contributed by atoms with Crippen molar-refractivity contribution in [3.63, 3.8) is 0 Å². The molecule has 5 nitrogen and oxygen atoms in total. The van der Waals surface area contributed by atoms with Crippen molar-refractivity contribution in [3.8, 4) is 0 Å². The van der Waals surface area contributed by atoms with Gasteiger partial charge in [-0.1, -0.05) is 6.42 Å². The van der Waals surface area contributed by atoms with E-state index in [1.807, 2.05) is 11.8 Å². The lowest BCUT2D eigenvalue weighted by Crippen LogP contribution is -2.40. The van der Waals surface area contributed by atoms with Crippen molar-refractivity contribution in [2.45, 2.75) is 40.0 Å². The third-order valence-electron chi connectivity index (χ3n) is 3.96. The van der Waals surface area contributed by atoms with Crippen molar-refractivity contribution in [1.82, 2.24) is 4.90 Å². The van der Waals surface area contributed by atoms with E-state index >= 15 is 0 Å². The molecule has 0 bridgehead atoms. The molecule has 1 aliphatic heterocycles. The Labute approximate surface area is 138 Å². The maximum absolute atomic E-state index is 12.1. The van der Waals surface area contributed by atoms with Gasteiger partial charge in [0.1, 0.15) is 0 Å². The van der Waals surface area contributed by atoms with Crippen molar-refractivity contribution < 1.29 is 19.1 Å². The minimum absolute atomic E-state index is 0.277. The number of unbranched alkanes of at least 4 members (excludes halogenated alkanes) is 1. The summed E-state index contributed by atoms with van der Waals surface area (Å²) in [5.74, 6) is 1.46. The third-order valence-corrected chi connectivity index (χ3v) is 4.90. The predicted octanol–water partition coefficient (Wildman–Crippen LogP) is 2.34. The summed E-state index contributed by atoms with van der Waals surface area (Å²) in [4.78, 5) is 26.7. The molecule has 22 heavy (non-hydrogen) atoms. The molecule has 0 amide bonds. The van der Waals surface area contributed by atoms with Crippen LogP contribution in [0.4, 0.5) is 0 Å². The molecule has 0 radical (unpaired) electrons. The maximum Gasteiger partial charge on any atom is 0.323 e.